The number of hydrogen-bond acceptors (Lipinski definition) is 9. The summed E-state index contributed by atoms with van der Waals surface area (Å²) in [4.78, 5) is 44.0. The molecule has 0 amide bonds. The van der Waals surface area contributed by atoms with Crippen LogP contribution in [0.25, 0.3) is 5.82 Å². The van der Waals surface area contributed by atoms with Crippen LogP contribution in [0.5, 0.6) is 0 Å². The number of carbonyl (C=O) groups excluding carboxylic acids is 2. The second kappa shape index (κ2) is 11.1. The Morgan fingerprint density at radius 2 is 1.94 bits per heavy atom. The van der Waals surface area contributed by atoms with E-state index < -0.39 is 49.5 Å². The van der Waals surface area contributed by atoms with E-state index in [9.17, 15) is 18.8 Å². The Kier molecular flexibility index (Phi) is 8.42. The van der Waals surface area contributed by atoms with Gasteiger partial charge < -0.3 is 14.2 Å². The summed E-state index contributed by atoms with van der Waals surface area (Å²) >= 11 is 0. The molecule has 3 atom stereocenters. The van der Waals surface area contributed by atoms with Crippen LogP contribution in [0, 0.1) is 17.3 Å². The largest absolute Gasteiger partial charge is 0.462 e. The Bertz CT molecular complexity index is 1210. The van der Waals surface area contributed by atoms with Crippen molar-refractivity contribution in [1.29, 1.82) is 0 Å². The summed E-state index contributed by atoms with van der Waals surface area (Å²) in [6, 6.07) is 2.70. The van der Waals surface area contributed by atoms with E-state index in [1.54, 1.807) is 0 Å². The molecule has 0 spiro atoms. The third-order valence-electron chi connectivity index (χ3n) is 6.48. The van der Waals surface area contributed by atoms with Gasteiger partial charge in [-0.1, -0.05) is 26.7 Å². The zero-order valence-corrected chi connectivity index (χ0v) is 22.0. The lowest BCUT2D eigenvalue weighted by molar-refractivity contribution is -0.164. The van der Waals surface area contributed by atoms with E-state index in [-0.39, 0.29) is 18.8 Å². The molecule has 0 bridgehead atoms. The summed E-state index contributed by atoms with van der Waals surface area (Å²) in [6.07, 6.45) is 1.25. The van der Waals surface area contributed by atoms with E-state index in [1.165, 1.54) is 26.5 Å². The summed E-state index contributed by atoms with van der Waals surface area (Å²) in [5.74, 6) is 0.820. The van der Waals surface area contributed by atoms with Crippen molar-refractivity contribution in [3.63, 3.8) is 0 Å². The van der Waals surface area contributed by atoms with Crippen LogP contribution in [0.3, 0.4) is 0 Å². The molecule has 1 fully saturated rings. The molecular weight excluding hydrogens is 489 g/mol. The molecule has 3 rings (SSSR count). The number of nitrogens with zero attached hydrogens (tertiary/aromatic N) is 5. The number of hydrogen-bond donors (Lipinski definition) is 0. The van der Waals surface area contributed by atoms with Crippen molar-refractivity contribution in [2.45, 2.75) is 77.1 Å². The van der Waals surface area contributed by atoms with E-state index in [0.29, 0.717) is 0 Å². The van der Waals surface area contributed by atoms with Crippen molar-refractivity contribution in [2.75, 3.05) is 6.61 Å². The first kappa shape index (κ1) is 27.2. The maximum atomic E-state index is 14.9. The number of carbonyl (C=O) groups is 2. The molecule has 194 valence electrons. The smallest absolute Gasteiger partial charge is 0.351 e. The van der Waals surface area contributed by atoms with Gasteiger partial charge in [-0.2, -0.15) is 14.8 Å². The van der Waals surface area contributed by atoms with Crippen LogP contribution < -0.4 is 5.69 Å². The average Bonchev–Trinajstić information content (AvgIpc) is 3.49. The standard InChI is InChI=1S/C23H30FN5O6Si/c1-6-36(7-2,8-3)10-9-23(13-33-16(4)30)19(34-17(5)31)11-20(35-23)28-12-18(24)21(27-22(28)32)29-15-25-14-26-29/h12,14-15,19-20H,6-8,11,13H2,1-5H3/t19-,20-,23-/m1/s1. The Morgan fingerprint density at radius 1 is 1.25 bits per heavy atom. The van der Waals surface area contributed by atoms with Crippen molar-refractivity contribution < 1.29 is 28.2 Å². The molecule has 0 aromatic carbocycles. The fraction of sp³-hybridized carbons (Fsp3) is 0.565. The van der Waals surface area contributed by atoms with Crippen molar-refractivity contribution in [1.82, 2.24) is 24.3 Å². The average molecular weight is 520 g/mol. The van der Waals surface area contributed by atoms with Crippen molar-refractivity contribution in [2.24, 2.45) is 0 Å². The minimum Gasteiger partial charge on any atom is -0.462 e. The molecule has 0 unspecified atom stereocenters. The van der Waals surface area contributed by atoms with E-state index in [1.807, 2.05) is 0 Å². The second-order valence-corrected chi connectivity index (χ2v) is 13.5. The van der Waals surface area contributed by atoms with Gasteiger partial charge >= 0.3 is 17.6 Å². The van der Waals surface area contributed by atoms with E-state index in [4.69, 9.17) is 14.2 Å². The number of rotatable bonds is 8. The molecule has 0 N–H and O–H groups in total. The van der Waals surface area contributed by atoms with Crippen LogP contribution in [0.15, 0.2) is 23.6 Å². The number of esters is 2. The van der Waals surface area contributed by atoms with Gasteiger partial charge in [0.2, 0.25) is 5.60 Å². The quantitative estimate of drug-likeness (QED) is 0.293. The van der Waals surface area contributed by atoms with Gasteiger partial charge in [-0.3, -0.25) is 14.2 Å². The van der Waals surface area contributed by atoms with Gasteiger partial charge in [-0.15, -0.1) is 5.54 Å². The van der Waals surface area contributed by atoms with Crippen molar-refractivity contribution in [3.8, 4) is 17.3 Å². The van der Waals surface area contributed by atoms with Crippen molar-refractivity contribution >= 4 is 20.0 Å². The normalized spacial score (nSPS) is 21.5. The van der Waals surface area contributed by atoms with E-state index >= 15 is 0 Å². The highest BCUT2D eigenvalue weighted by atomic mass is 28.3. The molecule has 0 radical (unpaired) electrons. The number of aromatic nitrogens is 5. The Labute approximate surface area is 209 Å². The highest BCUT2D eigenvalue weighted by Gasteiger charge is 2.52. The molecule has 11 nitrogen and oxygen atoms in total. The van der Waals surface area contributed by atoms with Gasteiger partial charge in [-0.25, -0.2) is 14.2 Å². The SMILES string of the molecule is CC[Si](C#C[C@]1(COC(C)=O)O[C@@H](n2cc(F)c(-n3cncn3)nc2=O)C[C@H]1OC(C)=O)(CC)CC. The van der Waals surface area contributed by atoms with Gasteiger partial charge in [0.15, 0.2) is 11.6 Å². The lowest BCUT2D eigenvalue weighted by Gasteiger charge is -2.29. The molecule has 1 saturated heterocycles. The number of halogens is 1. The summed E-state index contributed by atoms with van der Waals surface area (Å²) in [7, 11) is -2.00. The summed E-state index contributed by atoms with van der Waals surface area (Å²) in [5.41, 5.74) is 1.05. The van der Waals surface area contributed by atoms with Crippen LogP contribution in [-0.4, -0.2) is 62.6 Å². The van der Waals surface area contributed by atoms with Gasteiger partial charge in [0.05, 0.1) is 6.20 Å². The van der Waals surface area contributed by atoms with Crippen LogP contribution in [-0.2, 0) is 23.8 Å². The first-order valence-corrected chi connectivity index (χ1v) is 14.4. The third-order valence-corrected chi connectivity index (χ3v) is 11.2. The predicted octanol–water partition coefficient (Wildman–Crippen LogP) is 2.17. The topological polar surface area (TPSA) is 127 Å². The first-order valence-electron chi connectivity index (χ1n) is 11.7. The molecule has 3 heterocycles. The van der Waals surface area contributed by atoms with Gasteiger partial charge in [0.1, 0.15) is 39.7 Å². The molecule has 0 saturated carbocycles. The highest BCUT2D eigenvalue weighted by Crippen LogP contribution is 2.39. The minimum absolute atomic E-state index is 0.0296. The molecule has 1 aliphatic rings. The second-order valence-electron chi connectivity index (χ2n) is 8.61. The molecule has 2 aromatic heterocycles. The van der Waals surface area contributed by atoms with Crippen LogP contribution in [0.2, 0.25) is 18.1 Å². The number of ether oxygens (including phenoxy) is 3. The fourth-order valence-electron chi connectivity index (χ4n) is 4.11. The van der Waals surface area contributed by atoms with Crippen molar-refractivity contribution in [3.05, 3.63) is 35.2 Å². The maximum absolute atomic E-state index is 14.9. The maximum Gasteiger partial charge on any atom is 0.351 e. The highest BCUT2D eigenvalue weighted by molar-refractivity contribution is 6.87. The molecule has 36 heavy (non-hydrogen) atoms. The predicted molar refractivity (Wildman–Crippen MR) is 128 cm³/mol. The molecule has 0 aliphatic carbocycles. The molecule has 1 aliphatic heterocycles. The summed E-state index contributed by atoms with van der Waals surface area (Å²) < 4.78 is 33.9. The summed E-state index contributed by atoms with van der Waals surface area (Å²) in [6.45, 7) is 8.40. The van der Waals surface area contributed by atoms with Gasteiger partial charge in [0, 0.05) is 20.3 Å². The Hall–Kier alpha value is -3.37. The molecule has 2 aromatic rings. The van der Waals surface area contributed by atoms with Gasteiger partial charge in [0.25, 0.3) is 0 Å². The van der Waals surface area contributed by atoms with Crippen LogP contribution in [0.1, 0.15) is 47.3 Å². The van der Waals surface area contributed by atoms with Gasteiger partial charge in [-0.05, 0) is 18.1 Å². The third kappa shape index (κ3) is 5.71. The lowest BCUT2D eigenvalue weighted by atomic mass is 9.98. The van der Waals surface area contributed by atoms with Crippen LogP contribution in [0.4, 0.5) is 4.39 Å². The molecular formula is C23H30FN5O6Si. The minimum atomic E-state index is -2.00. The van der Waals surface area contributed by atoms with E-state index in [0.717, 1.165) is 33.6 Å². The zero-order chi connectivity index (χ0) is 26.5. The first-order chi connectivity index (χ1) is 17.1. The Balaban J connectivity index is 2.08. The van der Waals surface area contributed by atoms with E-state index in [2.05, 4.69) is 47.3 Å². The lowest BCUT2D eigenvalue weighted by Crippen LogP contribution is -2.46. The fourth-order valence-corrected chi connectivity index (χ4v) is 6.62. The molecule has 13 heteroatoms. The summed E-state index contributed by atoms with van der Waals surface area (Å²) in [5, 5.41) is 3.80. The Morgan fingerprint density at radius 3 is 2.50 bits per heavy atom. The monoisotopic (exact) mass is 519 g/mol. The zero-order valence-electron chi connectivity index (χ0n) is 21.0. The van der Waals surface area contributed by atoms with Crippen LogP contribution >= 0.6 is 0 Å².